The van der Waals surface area contributed by atoms with Gasteiger partial charge in [-0.15, -0.1) is 0 Å². The predicted octanol–water partition coefficient (Wildman–Crippen LogP) is 9.79. The fraction of sp³-hybridized carbons (Fsp3) is 0.360. The minimum atomic E-state index is -2.01. The maximum Gasteiger partial charge on any atom is 0.343 e. The summed E-state index contributed by atoms with van der Waals surface area (Å²) in [5.74, 6) is -3.03. The molecule has 2 N–H and O–H groups in total. The highest BCUT2D eigenvalue weighted by molar-refractivity contribution is 6.74. The highest BCUT2D eigenvalue weighted by atomic mass is 35.5. The molecule has 2 heterocycles. The van der Waals surface area contributed by atoms with Crippen molar-refractivity contribution in [3.8, 4) is 0 Å². The van der Waals surface area contributed by atoms with E-state index in [2.05, 4.69) is 33.9 Å². The molecule has 0 fully saturated rings. The van der Waals surface area contributed by atoms with Gasteiger partial charge in [-0.05, 0) is 83.7 Å². The molecule has 0 aliphatic heterocycles. The van der Waals surface area contributed by atoms with Crippen LogP contribution in [0.4, 0.5) is 20.2 Å². The molecule has 12 nitrogen and oxygen atoms in total. The zero-order valence-corrected chi connectivity index (χ0v) is 42.0. The number of fused-ring (bicyclic) bond motifs is 2. The number of anilines is 2. The molecule has 0 radical (unpaired) electrons. The molecule has 2 aromatic heterocycles. The van der Waals surface area contributed by atoms with Crippen LogP contribution in [-0.4, -0.2) is 87.6 Å². The second kappa shape index (κ2) is 21.6. The van der Waals surface area contributed by atoms with Gasteiger partial charge >= 0.3 is 11.9 Å². The number of aromatic nitrogens is 2. The molecule has 67 heavy (non-hydrogen) atoms. The molecule has 0 unspecified atom stereocenters. The Morgan fingerprint density at radius 2 is 1.19 bits per heavy atom. The number of halogens is 4. The van der Waals surface area contributed by atoms with Crippen molar-refractivity contribution in [1.29, 1.82) is 0 Å². The first-order chi connectivity index (χ1) is 31.4. The highest BCUT2D eigenvalue weighted by Gasteiger charge is 2.37. The topological polar surface area (TPSA) is 144 Å². The Morgan fingerprint density at radius 1 is 0.746 bits per heavy atom. The molecule has 0 saturated heterocycles. The number of esters is 1. The van der Waals surface area contributed by atoms with Crippen LogP contribution in [-0.2, 0) is 35.1 Å². The minimum absolute atomic E-state index is 0.00888. The van der Waals surface area contributed by atoms with Crippen molar-refractivity contribution in [3.05, 3.63) is 149 Å². The van der Waals surface area contributed by atoms with E-state index in [1.807, 2.05) is 35.7 Å². The summed E-state index contributed by atoms with van der Waals surface area (Å²) in [5.41, 5.74) is 3.30. The van der Waals surface area contributed by atoms with E-state index in [4.69, 9.17) is 32.4 Å². The van der Waals surface area contributed by atoms with E-state index >= 15 is 0 Å². The van der Waals surface area contributed by atoms with Gasteiger partial charge in [-0.2, -0.15) is 0 Å². The van der Waals surface area contributed by atoms with E-state index in [9.17, 15) is 38.2 Å². The quantitative estimate of drug-likeness (QED) is 0.0754. The molecule has 0 aliphatic rings. The second-order valence-corrected chi connectivity index (χ2v) is 23.7. The van der Waals surface area contributed by atoms with Gasteiger partial charge in [0.2, 0.25) is 10.9 Å². The lowest BCUT2D eigenvalue weighted by molar-refractivity contribution is 0.0523. The number of carboxylic acids is 1. The lowest BCUT2D eigenvalue weighted by atomic mass is 9.99. The number of ether oxygens (including phenoxy) is 1. The van der Waals surface area contributed by atoms with Crippen molar-refractivity contribution < 1.29 is 37.7 Å². The third-order valence-corrected chi connectivity index (χ3v) is 17.0. The zero-order valence-electron chi connectivity index (χ0n) is 39.5. The van der Waals surface area contributed by atoms with Crippen LogP contribution in [0.2, 0.25) is 28.2 Å². The molecule has 358 valence electrons. The molecule has 17 heteroatoms. The average molecular weight is 980 g/mol. The highest BCUT2D eigenvalue weighted by Crippen LogP contribution is 2.37. The van der Waals surface area contributed by atoms with Crippen molar-refractivity contribution in [1.82, 2.24) is 9.13 Å². The zero-order chi connectivity index (χ0) is 49.7. The Bertz CT molecular complexity index is 2950. The maximum absolute atomic E-state index is 14.7. The van der Waals surface area contributed by atoms with Crippen LogP contribution in [0.1, 0.15) is 70.7 Å². The first kappa shape index (κ1) is 52.4. The third kappa shape index (κ3) is 11.8. The van der Waals surface area contributed by atoms with Crippen LogP contribution >= 0.6 is 23.2 Å². The number of carboxylic acid groups (broad SMARTS) is 1. The van der Waals surface area contributed by atoms with Crippen LogP contribution in [0.5, 0.6) is 0 Å². The van der Waals surface area contributed by atoms with Gasteiger partial charge in [0, 0.05) is 77.3 Å². The van der Waals surface area contributed by atoms with E-state index in [0.29, 0.717) is 51.9 Å². The van der Waals surface area contributed by atoms with Crippen LogP contribution in [0.15, 0.2) is 82.6 Å². The van der Waals surface area contributed by atoms with Crippen molar-refractivity contribution in [2.45, 2.75) is 71.8 Å². The molecule has 4 aromatic carbocycles. The predicted molar refractivity (Wildman–Crippen MR) is 267 cm³/mol. The maximum atomic E-state index is 14.7. The van der Waals surface area contributed by atoms with E-state index < -0.39 is 42.7 Å². The molecule has 0 saturated carbocycles. The molecular weight excluding hydrogens is 922 g/mol. The van der Waals surface area contributed by atoms with Gasteiger partial charge in [-0.3, -0.25) is 9.59 Å². The molecule has 6 rings (SSSR count). The second-order valence-electron chi connectivity index (χ2n) is 18.1. The summed E-state index contributed by atoms with van der Waals surface area (Å²) in [5, 5.41) is 19.5. The van der Waals surface area contributed by atoms with E-state index in [0.717, 1.165) is 11.3 Å². The first-order valence-electron chi connectivity index (χ1n) is 21.7. The molecule has 0 atom stereocenters. The smallest absolute Gasteiger partial charge is 0.343 e. The Hall–Kier alpha value is -5.58. The minimum Gasteiger partial charge on any atom is -0.477 e. The van der Waals surface area contributed by atoms with Gasteiger partial charge < -0.3 is 38.3 Å². The lowest BCUT2D eigenvalue weighted by Gasteiger charge is -2.36. The normalized spacial score (nSPS) is 11.7. The van der Waals surface area contributed by atoms with E-state index in [1.165, 1.54) is 18.3 Å². The van der Waals surface area contributed by atoms with Crippen molar-refractivity contribution in [3.63, 3.8) is 0 Å². The number of carbonyl (C=O) groups is 2. The summed E-state index contributed by atoms with van der Waals surface area (Å²) in [6.45, 7) is 13.6. The van der Waals surface area contributed by atoms with Gasteiger partial charge in [-0.1, -0.05) is 68.2 Å². The number of hydrogen-bond acceptors (Lipinski definition) is 9. The monoisotopic (exact) mass is 978 g/mol. The summed E-state index contributed by atoms with van der Waals surface area (Å²) < 4.78 is 44.1. The van der Waals surface area contributed by atoms with Gasteiger partial charge in [0.25, 0.3) is 0 Å². The van der Waals surface area contributed by atoms with Crippen LogP contribution < -0.4 is 20.7 Å². The fourth-order valence-electron chi connectivity index (χ4n) is 7.43. The number of aliphatic hydroxyl groups is 1. The number of hydrogen-bond donors (Lipinski definition) is 2. The Kier molecular flexibility index (Phi) is 16.9. The van der Waals surface area contributed by atoms with Gasteiger partial charge in [0.05, 0.1) is 52.3 Å². The number of aliphatic hydroxyl groups excluding tert-OH is 1. The van der Waals surface area contributed by atoms with E-state index in [-0.39, 0.29) is 64.2 Å². The standard InChI is InChI=1S/C29H38ClFN2O4Si.C21H20ClFN2O4/c1-9-36-28(35)22-18-33(13-14-37-38(7,8)29(2,3)4)26-21(27(22)34)16-19(17-24(26)32(5)6)15-20-11-10-12-23(30)25(20)31;1-24(2)17-10-12(8-13-4-3-5-16(22)18(13)23)9-14-19(17)25(6-7-26)11-15(20(14)27)21(28)29/h10-12,16-18H,9,13-15H2,1-8H3;3-5,9-11,26H,6-8H2,1-2H3,(H,28,29). The number of aromatic carboxylic acids is 1. The summed E-state index contributed by atoms with van der Waals surface area (Å²) in [7, 11) is 5.35. The van der Waals surface area contributed by atoms with E-state index in [1.54, 1.807) is 73.1 Å². The molecule has 0 amide bonds. The molecule has 0 spiro atoms. The first-order valence-corrected chi connectivity index (χ1v) is 25.3. The molecule has 0 aliphatic carbocycles. The SMILES string of the molecule is CCOC(=O)c1cn(CCO[Si](C)(C)C(C)(C)C)c2c(N(C)C)cc(Cc3cccc(Cl)c3F)cc2c1=O.CN(C)c1cc(Cc2cccc(Cl)c2F)cc2c(=O)c(C(=O)O)cn(CCO)c12. The van der Waals surface area contributed by atoms with Gasteiger partial charge in [0.1, 0.15) is 22.8 Å². The Morgan fingerprint density at radius 3 is 1.61 bits per heavy atom. The van der Waals surface area contributed by atoms with Crippen molar-refractivity contribution >= 4 is 76.6 Å². The van der Waals surface area contributed by atoms with Gasteiger partial charge in [-0.25, -0.2) is 18.4 Å². The fourth-order valence-corrected chi connectivity index (χ4v) is 8.85. The van der Waals surface area contributed by atoms with Gasteiger partial charge in [0.15, 0.2) is 8.32 Å². The summed E-state index contributed by atoms with van der Waals surface area (Å²) in [6, 6.07) is 16.7. The lowest BCUT2D eigenvalue weighted by Crippen LogP contribution is -2.41. The molecular formula is C50H58Cl2F2N4O8Si. The third-order valence-electron chi connectivity index (χ3n) is 11.9. The number of rotatable bonds is 15. The Balaban J connectivity index is 0.000000260. The van der Waals surface area contributed by atoms with Crippen LogP contribution in [0.3, 0.4) is 0 Å². The van der Waals surface area contributed by atoms with Crippen molar-refractivity contribution in [2.75, 3.05) is 57.8 Å². The largest absolute Gasteiger partial charge is 0.477 e. The number of nitrogens with zero attached hydrogens (tertiary/aromatic N) is 4. The number of carbonyl (C=O) groups excluding carboxylic acids is 1. The Labute approximate surface area is 400 Å². The molecule has 6 aromatic rings. The summed E-state index contributed by atoms with van der Waals surface area (Å²) in [6.07, 6.45) is 3.23. The molecule has 0 bridgehead atoms. The number of benzene rings is 4. The van der Waals surface area contributed by atoms with Crippen LogP contribution in [0, 0.1) is 11.6 Å². The van der Waals surface area contributed by atoms with Crippen molar-refractivity contribution in [2.24, 2.45) is 0 Å². The number of pyridine rings is 2. The summed E-state index contributed by atoms with van der Waals surface area (Å²) in [4.78, 5) is 54.5. The summed E-state index contributed by atoms with van der Waals surface area (Å²) >= 11 is 11.9. The van der Waals surface area contributed by atoms with Crippen LogP contribution in [0.25, 0.3) is 21.8 Å². The average Bonchev–Trinajstić information content (AvgIpc) is 3.25.